The minimum atomic E-state index is 0.294. The Kier molecular flexibility index (Phi) is 5.22. The van der Waals surface area contributed by atoms with Crippen LogP contribution in [0.2, 0.25) is 0 Å². The van der Waals surface area contributed by atoms with Gasteiger partial charge < -0.3 is 15.5 Å². The minimum absolute atomic E-state index is 0.294. The Hall–Kier alpha value is -0.610. The van der Waals surface area contributed by atoms with E-state index in [1.54, 1.807) is 0 Å². The molecule has 0 saturated carbocycles. The van der Waals surface area contributed by atoms with Crippen LogP contribution in [-0.2, 0) is 0 Å². The molecule has 1 saturated heterocycles. The monoisotopic (exact) mass is 226 g/mol. The van der Waals surface area contributed by atoms with Gasteiger partial charge in [0.05, 0.1) is 5.84 Å². The third-order valence-corrected chi connectivity index (χ3v) is 3.65. The zero-order chi connectivity index (χ0) is 12.1. The first kappa shape index (κ1) is 13.5. The van der Waals surface area contributed by atoms with Crippen LogP contribution in [-0.4, -0.2) is 55.4 Å². The van der Waals surface area contributed by atoms with Crippen molar-refractivity contribution in [2.24, 2.45) is 11.7 Å². The van der Waals surface area contributed by atoms with Gasteiger partial charge in [-0.2, -0.15) is 0 Å². The summed E-state index contributed by atoms with van der Waals surface area (Å²) >= 11 is 0. The average molecular weight is 226 g/mol. The van der Waals surface area contributed by atoms with Crippen molar-refractivity contribution >= 4 is 5.84 Å². The van der Waals surface area contributed by atoms with Crippen LogP contribution >= 0.6 is 0 Å². The highest BCUT2D eigenvalue weighted by Crippen LogP contribution is 2.18. The zero-order valence-corrected chi connectivity index (χ0v) is 10.9. The molecule has 0 spiro atoms. The molecule has 0 aromatic carbocycles. The molecule has 4 nitrogen and oxygen atoms in total. The van der Waals surface area contributed by atoms with Crippen molar-refractivity contribution in [2.75, 3.05) is 33.7 Å². The van der Waals surface area contributed by atoms with Gasteiger partial charge in [-0.1, -0.05) is 0 Å². The Morgan fingerprint density at radius 3 is 2.56 bits per heavy atom. The average Bonchev–Trinajstić information content (AvgIpc) is 2.20. The van der Waals surface area contributed by atoms with E-state index in [1.165, 1.54) is 25.9 Å². The first-order valence-electron chi connectivity index (χ1n) is 6.20. The Bertz CT molecular complexity index is 221. The molecule has 16 heavy (non-hydrogen) atoms. The number of nitrogens with two attached hydrogens (primary N) is 1. The Balaban J connectivity index is 2.27. The van der Waals surface area contributed by atoms with Crippen LogP contribution in [0.3, 0.4) is 0 Å². The number of hydrogen-bond donors (Lipinski definition) is 2. The zero-order valence-electron chi connectivity index (χ0n) is 10.9. The predicted molar refractivity (Wildman–Crippen MR) is 68.8 cm³/mol. The lowest BCUT2D eigenvalue weighted by Gasteiger charge is -2.33. The fourth-order valence-electron chi connectivity index (χ4n) is 2.31. The molecule has 0 aliphatic carbocycles. The number of nitrogens with one attached hydrogen (secondary N) is 1. The van der Waals surface area contributed by atoms with Crippen molar-refractivity contribution in [3.8, 4) is 0 Å². The summed E-state index contributed by atoms with van der Waals surface area (Å²) < 4.78 is 0. The van der Waals surface area contributed by atoms with Crippen LogP contribution in [0.1, 0.15) is 26.2 Å². The molecule has 1 unspecified atom stereocenters. The van der Waals surface area contributed by atoms with E-state index in [0.29, 0.717) is 18.3 Å². The van der Waals surface area contributed by atoms with E-state index in [0.717, 1.165) is 12.5 Å². The van der Waals surface area contributed by atoms with Crippen molar-refractivity contribution in [1.29, 1.82) is 5.41 Å². The maximum atomic E-state index is 7.31. The molecule has 0 aromatic rings. The van der Waals surface area contributed by atoms with Crippen LogP contribution in [0.25, 0.3) is 0 Å². The fourth-order valence-corrected chi connectivity index (χ4v) is 2.31. The van der Waals surface area contributed by atoms with E-state index in [4.69, 9.17) is 11.1 Å². The summed E-state index contributed by atoms with van der Waals surface area (Å²) in [6, 6.07) is 0.386. The summed E-state index contributed by atoms with van der Waals surface area (Å²) in [6.45, 7) is 5.73. The molecule has 1 atom stereocenters. The number of amidine groups is 1. The quantitative estimate of drug-likeness (QED) is 0.542. The lowest BCUT2D eigenvalue weighted by atomic mass is 9.96. The molecule has 4 heteroatoms. The maximum Gasteiger partial charge on any atom is 0.0920 e. The molecule has 0 amide bonds. The number of rotatable bonds is 5. The van der Waals surface area contributed by atoms with Crippen LogP contribution in [0.4, 0.5) is 0 Å². The third-order valence-electron chi connectivity index (χ3n) is 3.65. The molecule has 1 heterocycles. The van der Waals surface area contributed by atoms with Gasteiger partial charge in [0.25, 0.3) is 0 Å². The summed E-state index contributed by atoms with van der Waals surface area (Å²) in [4.78, 5) is 4.74. The van der Waals surface area contributed by atoms with Crippen molar-refractivity contribution < 1.29 is 0 Å². The summed E-state index contributed by atoms with van der Waals surface area (Å²) in [5.41, 5.74) is 5.43. The van der Waals surface area contributed by atoms with E-state index in [2.05, 4.69) is 30.8 Å². The minimum Gasteiger partial charge on any atom is -0.388 e. The van der Waals surface area contributed by atoms with Crippen LogP contribution < -0.4 is 5.73 Å². The summed E-state index contributed by atoms with van der Waals surface area (Å²) in [7, 11) is 4.34. The van der Waals surface area contributed by atoms with Crippen molar-refractivity contribution in [2.45, 2.75) is 32.2 Å². The second kappa shape index (κ2) is 6.21. The van der Waals surface area contributed by atoms with Gasteiger partial charge in [-0.3, -0.25) is 5.41 Å². The molecule has 0 radical (unpaired) electrons. The molecule has 1 aliphatic rings. The van der Waals surface area contributed by atoms with E-state index in [1.807, 2.05) is 0 Å². The van der Waals surface area contributed by atoms with E-state index < -0.39 is 0 Å². The fraction of sp³-hybridized carbons (Fsp3) is 0.917. The molecule has 1 aliphatic heterocycles. The van der Waals surface area contributed by atoms with Gasteiger partial charge in [0.2, 0.25) is 0 Å². The van der Waals surface area contributed by atoms with Crippen molar-refractivity contribution in [1.82, 2.24) is 9.80 Å². The summed E-state index contributed by atoms with van der Waals surface area (Å²) in [6.07, 6.45) is 3.28. The molecular weight excluding hydrogens is 200 g/mol. The Labute approximate surface area is 99.3 Å². The summed E-state index contributed by atoms with van der Waals surface area (Å²) in [5, 5.41) is 7.31. The highest BCUT2D eigenvalue weighted by Gasteiger charge is 2.20. The van der Waals surface area contributed by atoms with E-state index in [-0.39, 0.29) is 0 Å². The van der Waals surface area contributed by atoms with E-state index >= 15 is 0 Å². The maximum absolute atomic E-state index is 7.31. The molecule has 1 fully saturated rings. The van der Waals surface area contributed by atoms with Crippen molar-refractivity contribution in [3.63, 3.8) is 0 Å². The van der Waals surface area contributed by atoms with E-state index in [9.17, 15) is 0 Å². The highest BCUT2D eigenvalue weighted by molar-refractivity contribution is 5.77. The van der Waals surface area contributed by atoms with Gasteiger partial charge in [-0.15, -0.1) is 0 Å². The lowest BCUT2D eigenvalue weighted by molar-refractivity contribution is 0.156. The number of piperidine rings is 1. The van der Waals surface area contributed by atoms with Crippen LogP contribution in [0, 0.1) is 11.3 Å². The molecule has 0 bridgehead atoms. The van der Waals surface area contributed by atoms with Gasteiger partial charge in [-0.25, -0.2) is 0 Å². The summed E-state index contributed by atoms with van der Waals surface area (Å²) in [5.74, 6) is 1.11. The normalized spacial score (nSPS) is 21.2. The highest BCUT2D eigenvalue weighted by atomic mass is 15.1. The van der Waals surface area contributed by atoms with Crippen LogP contribution in [0.5, 0.6) is 0 Å². The Morgan fingerprint density at radius 1 is 1.50 bits per heavy atom. The molecule has 3 N–H and O–H groups in total. The number of nitrogens with zero attached hydrogens (tertiary/aromatic N) is 2. The van der Waals surface area contributed by atoms with Gasteiger partial charge in [0.15, 0.2) is 0 Å². The first-order valence-corrected chi connectivity index (χ1v) is 6.20. The molecular formula is C12H26N4. The van der Waals surface area contributed by atoms with Gasteiger partial charge in [-0.05, 0) is 52.9 Å². The Morgan fingerprint density at radius 2 is 2.06 bits per heavy atom. The first-order chi connectivity index (χ1) is 7.49. The van der Waals surface area contributed by atoms with Gasteiger partial charge >= 0.3 is 0 Å². The third kappa shape index (κ3) is 4.49. The predicted octanol–water partition coefficient (Wildman–Crippen LogP) is 0.975. The van der Waals surface area contributed by atoms with Crippen LogP contribution in [0.15, 0.2) is 0 Å². The van der Waals surface area contributed by atoms with Gasteiger partial charge in [0, 0.05) is 19.0 Å². The second-order valence-corrected chi connectivity index (χ2v) is 5.26. The van der Waals surface area contributed by atoms with Gasteiger partial charge in [0.1, 0.15) is 0 Å². The second-order valence-electron chi connectivity index (χ2n) is 5.26. The molecule has 1 rings (SSSR count). The molecule has 0 aromatic heterocycles. The SMILES string of the molecule is CC(CC(=N)N)N(C)CC1CCN(C)CC1. The number of likely N-dealkylation sites (tertiary alicyclic amines) is 1. The largest absolute Gasteiger partial charge is 0.388 e. The molecule has 94 valence electrons. The van der Waals surface area contributed by atoms with Crippen molar-refractivity contribution in [3.05, 3.63) is 0 Å². The number of hydrogen-bond acceptors (Lipinski definition) is 3. The standard InChI is InChI=1S/C12H26N4/c1-10(8-12(13)14)16(3)9-11-4-6-15(2)7-5-11/h10-11H,4-9H2,1-3H3,(H3,13,14). The lowest BCUT2D eigenvalue weighted by Crippen LogP contribution is -2.40. The smallest absolute Gasteiger partial charge is 0.0920 e. The topological polar surface area (TPSA) is 56.4 Å².